The minimum absolute atomic E-state index is 0.134. The molecule has 1 heterocycles. The monoisotopic (exact) mass is 364 g/mol. The Morgan fingerprint density at radius 1 is 1.32 bits per heavy atom. The van der Waals surface area contributed by atoms with Gasteiger partial charge in [0.25, 0.3) is 18.8 Å². The van der Waals surface area contributed by atoms with Gasteiger partial charge in [0.15, 0.2) is 6.73 Å². The van der Waals surface area contributed by atoms with Crippen LogP contribution in [0.1, 0.15) is 13.8 Å². The molecule has 1 aliphatic heterocycles. The molecule has 10 heteroatoms. The van der Waals surface area contributed by atoms with Gasteiger partial charge in [0.05, 0.1) is 12.5 Å². The van der Waals surface area contributed by atoms with Crippen molar-refractivity contribution in [1.29, 1.82) is 0 Å². The van der Waals surface area contributed by atoms with Gasteiger partial charge in [-0.1, -0.05) is 19.8 Å². The second kappa shape index (κ2) is 6.20. The number of imide groups is 1. The van der Waals surface area contributed by atoms with Gasteiger partial charge in [0, 0.05) is 0 Å². The molecule has 6 nitrogen and oxygen atoms in total. The molecule has 0 radical (unpaired) electrons. The largest absolute Gasteiger partial charge is 0.443 e. The maximum absolute atomic E-state index is 13.2. The molecular formula is C15H16F4N2O4. The predicted molar refractivity (Wildman–Crippen MR) is 75.3 cm³/mol. The van der Waals surface area contributed by atoms with E-state index < -0.39 is 54.2 Å². The highest BCUT2D eigenvalue weighted by Gasteiger charge is 2.84. The summed E-state index contributed by atoms with van der Waals surface area (Å²) in [5, 5.41) is 0. The Morgan fingerprint density at radius 3 is 2.32 bits per heavy atom. The van der Waals surface area contributed by atoms with Gasteiger partial charge < -0.3 is 9.64 Å². The first kappa shape index (κ1) is 19.0. The molecule has 1 aliphatic carbocycles. The number of carbonyl (C=O) groups excluding carboxylic acids is 3. The van der Waals surface area contributed by atoms with E-state index in [0.717, 1.165) is 18.7 Å². The number of urea groups is 1. The number of ether oxygens (including phenoxy) is 1. The molecule has 0 aromatic rings. The van der Waals surface area contributed by atoms with Crippen LogP contribution >= 0.6 is 0 Å². The number of carbonyl (C=O) groups is 3. The molecule has 1 saturated carbocycles. The van der Waals surface area contributed by atoms with Crippen molar-refractivity contribution in [2.45, 2.75) is 26.7 Å². The Morgan fingerprint density at radius 2 is 1.88 bits per heavy atom. The molecule has 1 unspecified atom stereocenters. The second-order valence-corrected chi connectivity index (χ2v) is 6.45. The Labute approximate surface area is 141 Å². The van der Waals surface area contributed by atoms with Gasteiger partial charge in [-0.3, -0.25) is 9.59 Å². The Kier molecular flexibility index (Phi) is 4.72. The Hall–Kier alpha value is -2.31. The minimum Gasteiger partial charge on any atom is -0.443 e. The predicted octanol–water partition coefficient (Wildman–Crippen LogP) is 1.56. The quantitative estimate of drug-likeness (QED) is 0.311. The zero-order valence-corrected chi connectivity index (χ0v) is 13.5. The fourth-order valence-electron chi connectivity index (χ4n) is 3.40. The summed E-state index contributed by atoms with van der Waals surface area (Å²) in [4.78, 5) is 37.2. The van der Waals surface area contributed by atoms with Crippen molar-refractivity contribution in [3.63, 3.8) is 0 Å². The van der Waals surface area contributed by atoms with E-state index in [9.17, 15) is 31.9 Å². The summed E-state index contributed by atoms with van der Waals surface area (Å²) in [5.41, 5.74) is -4.49. The van der Waals surface area contributed by atoms with Gasteiger partial charge in [-0.25, -0.2) is 27.3 Å². The molecule has 3 amide bonds. The van der Waals surface area contributed by atoms with Gasteiger partial charge in [0.1, 0.15) is 12.0 Å². The number of halogens is 4. The first-order chi connectivity index (χ1) is 11.5. The summed E-state index contributed by atoms with van der Waals surface area (Å²) < 4.78 is 57.5. The van der Waals surface area contributed by atoms with E-state index in [1.54, 1.807) is 0 Å². The van der Waals surface area contributed by atoms with Crippen LogP contribution in [0.2, 0.25) is 0 Å². The summed E-state index contributed by atoms with van der Waals surface area (Å²) in [6.07, 6.45) is -1.81. The molecule has 0 spiro atoms. The summed E-state index contributed by atoms with van der Waals surface area (Å²) in [5.74, 6) is -1.57. The number of hydrogen-bond donors (Lipinski definition) is 0. The maximum Gasteiger partial charge on any atom is 0.330 e. The Balaban J connectivity index is 2.06. The number of nitrogens with zero attached hydrogens (tertiary/aromatic N) is 2. The van der Waals surface area contributed by atoms with E-state index in [-0.39, 0.29) is 13.1 Å². The van der Waals surface area contributed by atoms with Crippen LogP contribution in [0.5, 0.6) is 0 Å². The van der Waals surface area contributed by atoms with Gasteiger partial charge in [-0.15, -0.1) is 6.42 Å². The third-order valence-corrected chi connectivity index (χ3v) is 4.94. The molecule has 0 bridgehead atoms. The molecule has 25 heavy (non-hydrogen) atoms. The third-order valence-electron chi connectivity index (χ3n) is 4.94. The molecule has 0 aromatic carbocycles. The number of hydrogen-bond acceptors (Lipinski definition) is 4. The molecule has 0 aromatic heterocycles. The highest BCUT2D eigenvalue weighted by Crippen LogP contribution is 2.74. The summed E-state index contributed by atoms with van der Waals surface area (Å²) >= 11 is 0. The minimum atomic E-state index is -3.43. The fraction of sp³-hybridized carbons (Fsp3) is 0.667. The van der Waals surface area contributed by atoms with Crippen LogP contribution in [0.25, 0.3) is 0 Å². The molecule has 2 rings (SSSR count). The van der Waals surface area contributed by atoms with Crippen molar-refractivity contribution >= 4 is 17.9 Å². The van der Waals surface area contributed by atoms with E-state index in [2.05, 4.69) is 5.92 Å². The van der Waals surface area contributed by atoms with Gasteiger partial charge in [-0.2, -0.15) is 0 Å². The second-order valence-electron chi connectivity index (χ2n) is 6.45. The van der Waals surface area contributed by atoms with Gasteiger partial charge in [0.2, 0.25) is 0 Å². The van der Waals surface area contributed by atoms with Crippen molar-refractivity contribution in [3.8, 4) is 12.3 Å². The number of rotatable bonds is 6. The van der Waals surface area contributed by atoms with Crippen LogP contribution in [0.4, 0.5) is 22.4 Å². The lowest BCUT2D eigenvalue weighted by Gasteiger charge is -2.18. The fourth-order valence-corrected chi connectivity index (χ4v) is 3.40. The molecule has 1 atom stereocenters. The lowest BCUT2D eigenvalue weighted by Crippen LogP contribution is -2.36. The van der Waals surface area contributed by atoms with Crippen LogP contribution in [-0.4, -0.2) is 60.4 Å². The van der Waals surface area contributed by atoms with Gasteiger partial charge >= 0.3 is 12.0 Å². The topological polar surface area (TPSA) is 66.9 Å². The number of alkyl halides is 4. The normalized spacial score (nSPS) is 24.0. The zero-order valence-electron chi connectivity index (χ0n) is 13.5. The summed E-state index contributed by atoms with van der Waals surface area (Å²) in [6, 6.07) is -0.806. The van der Waals surface area contributed by atoms with Crippen LogP contribution in [0.15, 0.2) is 0 Å². The van der Waals surface area contributed by atoms with E-state index in [0.29, 0.717) is 4.90 Å². The zero-order chi connectivity index (χ0) is 19.2. The molecule has 2 aliphatic rings. The van der Waals surface area contributed by atoms with Crippen molar-refractivity contribution in [1.82, 2.24) is 9.80 Å². The average molecular weight is 364 g/mol. The third kappa shape index (κ3) is 2.62. The van der Waals surface area contributed by atoms with E-state index in [1.807, 2.05) is 0 Å². The first-order valence-electron chi connectivity index (χ1n) is 7.29. The Bertz CT molecular complexity index is 636. The summed E-state index contributed by atoms with van der Waals surface area (Å²) in [7, 11) is 0. The number of esters is 1. The molecule has 2 fully saturated rings. The van der Waals surface area contributed by atoms with E-state index in [4.69, 9.17) is 11.2 Å². The van der Waals surface area contributed by atoms with Crippen molar-refractivity contribution < 1.29 is 36.7 Å². The lowest BCUT2D eigenvalue weighted by atomic mass is 9.97. The molecular weight excluding hydrogens is 348 g/mol. The van der Waals surface area contributed by atoms with Crippen LogP contribution < -0.4 is 0 Å². The first-order valence-corrected chi connectivity index (χ1v) is 7.29. The highest BCUT2D eigenvalue weighted by molar-refractivity contribution is 6.02. The molecule has 1 saturated heterocycles. The van der Waals surface area contributed by atoms with Crippen LogP contribution in [0.3, 0.4) is 0 Å². The highest BCUT2D eigenvalue weighted by atomic mass is 19.3. The van der Waals surface area contributed by atoms with Crippen molar-refractivity contribution in [2.75, 3.05) is 19.8 Å². The standard InChI is InChI=1S/C15H16F4N2O4/c1-4-5-20-6-8(22)21(13(20)24)7-25-10(23)9-14(2,3)15(9,11(16)17)12(18)19/h1,9,11-12H,5-7H2,2-3H3. The SMILES string of the molecule is C#CCN1CC(=O)N(COC(=O)C2C(C)(C)C2(C(F)F)C(F)F)C1=O. The van der Waals surface area contributed by atoms with Crippen molar-refractivity contribution in [3.05, 3.63) is 0 Å². The van der Waals surface area contributed by atoms with E-state index in [1.165, 1.54) is 0 Å². The van der Waals surface area contributed by atoms with Crippen LogP contribution in [-0.2, 0) is 14.3 Å². The van der Waals surface area contributed by atoms with Gasteiger partial charge in [-0.05, 0) is 5.41 Å². The summed E-state index contributed by atoms with van der Waals surface area (Å²) in [6.45, 7) is 0.959. The van der Waals surface area contributed by atoms with Crippen LogP contribution in [0, 0.1) is 29.1 Å². The van der Waals surface area contributed by atoms with Crippen molar-refractivity contribution in [2.24, 2.45) is 16.7 Å². The lowest BCUT2D eigenvalue weighted by molar-refractivity contribution is -0.155. The molecule has 0 N–H and O–H groups in total. The smallest absolute Gasteiger partial charge is 0.330 e. The van der Waals surface area contributed by atoms with E-state index >= 15 is 0 Å². The number of amides is 3. The number of terminal acetylenes is 1. The average Bonchev–Trinajstić information content (AvgIpc) is 2.93. The maximum atomic E-state index is 13.2. The molecule has 138 valence electrons.